The summed E-state index contributed by atoms with van der Waals surface area (Å²) in [6.45, 7) is 5.30. The van der Waals surface area contributed by atoms with Gasteiger partial charge in [-0.2, -0.15) is 0 Å². The van der Waals surface area contributed by atoms with Gasteiger partial charge < -0.3 is 20.1 Å². The number of alkyl carbamates (subject to hydrolysis) is 1. The number of hydrogen-bond acceptors (Lipinski definition) is 5. The fourth-order valence-corrected chi connectivity index (χ4v) is 3.98. The first kappa shape index (κ1) is 24.3. The highest BCUT2D eigenvalue weighted by atomic mass is 16.6. The number of benzene rings is 2. The molecule has 1 aliphatic carbocycles. The third kappa shape index (κ3) is 6.57. The van der Waals surface area contributed by atoms with E-state index < -0.39 is 29.6 Å². The van der Waals surface area contributed by atoms with E-state index in [-0.39, 0.29) is 6.42 Å². The molecule has 33 heavy (non-hydrogen) atoms. The molecule has 2 aromatic carbocycles. The Bertz CT molecular complexity index is 1060. The molecule has 0 unspecified atom stereocenters. The molecule has 0 fully saturated rings. The van der Waals surface area contributed by atoms with Gasteiger partial charge in [0, 0.05) is 12.1 Å². The molecule has 0 saturated carbocycles. The number of methoxy groups -OCH3 is 1. The van der Waals surface area contributed by atoms with Crippen molar-refractivity contribution in [1.29, 1.82) is 0 Å². The monoisotopic (exact) mass is 452 g/mol. The minimum absolute atomic E-state index is 0.271. The van der Waals surface area contributed by atoms with Gasteiger partial charge in [-0.25, -0.2) is 9.59 Å². The third-order valence-electron chi connectivity index (χ3n) is 5.49. The quantitative estimate of drug-likeness (QED) is 0.634. The lowest BCUT2D eigenvalue weighted by molar-refractivity contribution is -0.136. The number of fused-ring (bicyclic) bond motifs is 1. The Balaban J connectivity index is 1.89. The summed E-state index contributed by atoms with van der Waals surface area (Å²) in [5, 5.41) is 7.67. The topological polar surface area (TPSA) is 93.7 Å². The van der Waals surface area contributed by atoms with Crippen LogP contribution in [0.4, 0.5) is 4.79 Å². The molecule has 7 heteroatoms. The van der Waals surface area contributed by atoms with Crippen molar-refractivity contribution in [1.82, 2.24) is 10.6 Å². The van der Waals surface area contributed by atoms with Crippen molar-refractivity contribution in [2.24, 2.45) is 0 Å². The summed E-state index contributed by atoms with van der Waals surface area (Å²) in [6, 6.07) is 12.9. The van der Waals surface area contributed by atoms with E-state index in [1.54, 1.807) is 20.8 Å². The van der Waals surface area contributed by atoms with Crippen LogP contribution in [0, 0.1) is 0 Å². The SMILES string of the molecule is COC(=O)C1=C(NC(=O)[C@@H](Cc2cccc3ccccc23)NC(=O)OC(C)(C)C)CCCC1. The van der Waals surface area contributed by atoms with Crippen LogP contribution >= 0.6 is 0 Å². The zero-order valence-electron chi connectivity index (χ0n) is 19.7. The van der Waals surface area contributed by atoms with Gasteiger partial charge in [-0.15, -0.1) is 0 Å². The standard InChI is InChI=1S/C26H32N2O5/c1-26(2,3)33-25(31)28-22(16-18-12-9-11-17-10-5-6-13-19(17)18)23(29)27-21-15-8-7-14-20(21)24(30)32-4/h5-6,9-13,22H,7-8,14-16H2,1-4H3,(H,27,29)(H,28,31)/t22-/m1/s1. The van der Waals surface area contributed by atoms with Crippen molar-refractivity contribution < 1.29 is 23.9 Å². The summed E-state index contributed by atoms with van der Waals surface area (Å²) in [6.07, 6.45) is 2.45. The molecule has 176 valence electrons. The first-order valence-electron chi connectivity index (χ1n) is 11.3. The van der Waals surface area contributed by atoms with Crippen molar-refractivity contribution in [3.63, 3.8) is 0 Å². The normalized spacial score (nSPS) is 15.0. The number of carbonyl (C=O) groups is 3. The molecule has 3 rings (SSSR count). The molecule has 0 aliphatic heterocycles. The van der Waals surface area contributed by atoms with E-state index in [2.05, 4.69) is 10.6 Å². The summed E-state index contributed by atoms with van der Waals surface area (Å²) in [5.41, 5.74) is 1.27. The molecular weight excluding hydrogens is 420 g/mol. The van der Waals surface area contributed by atoms with Crippen LogP contribution in [0.25, 0.3) is 10.8 Å². The summed E-state index contributed by atoms with van der Waals surface area (Å²) < 4.78 is 10.3. The van der Waals surface area contributed by atoms with Crippen molar-refractivity contribution in [3.05, 3.63) is 59.3 Å². The zero-order valence-corrected chi connectivity index (χ0v) is 19.7. The van der Waals surface area contributed by atoms with Gasteiger partial charge in [0.2, 0.25) is 5.91 Å². The molecule has 0 bridgehead atoms. The van der Waals surface area contributed by atoms with E-state index in [9.17, 15) is 14.4 Å². The van der Waals surface area contributed by atoms with Gasteiger partial charge in [0.15, 0.2) is 0 Å². The maximum absolute atomic E-state index is 13.3. The highest BCUT2D eigenvalue weighted by molar-refractivity contribution is 5.93. The lowest BCUT2D eigenvalue weighted by Crippen LogP contribution is -2.49. The van der Waals surface area contributed by atoms with Gasteiger partial charge >= 0.3 is 12.1 Å². The van der Waals surface area contributed by atoms with E-state index in [0.717, 1.165) is 29.2 Å². The Hall–Kier alpha value is -3.35. The van der Waals surface area contributed by atoms with Crippen molar-refractivity contribution in [2.45, 2.75) is 64.5 Å². The maximum atomic E-state index is 13.3. The van der Waals surface area contributed by atoms with E-state index in [1.807, 2.05) is 42.5 Å². The Labute approximate surface area is 194 Å². The van der Waals surface area contributed by atoms with Gasteiger partial charge in [-0.05, 0) is 62.8 Å². The fraction of sp³-hybridized carbons (Fsp3) is 0.423. The van der Waals surface area contributed by atoms with Crippen LogP contribution in [0.2, 0.25) is 0 Å². The van der Waals surface area contributed by atoms with Gasteiger partial charge in [0.1, 0.15) is 11.6 Å². The van der Waals surface area contributed by atoms with E-state index in [4.69, 9.17) is 9.47 Å². The number of hydrogen-bond donors (Lipinski definition) is 2. The van der Waals surface area contributed by atoms with Gasteiger partial charge in [-0.3, -0.25) is 4.79 Å². The molecule has 0 saturated heterocycles. The number of carbonyl (C=O) groups excluding carboxylic acids is 3. The second-order valence-electron chi connectivity index (χ2n) is 9.19. The zero-order chi connectivity index (χ0) is 24.0. The van der Waals surface area contributed by atoms with Crippen molar-refractivity contribution in [3.8, 4) is 0 Å². The lowest BCUT2D eigenvalue weighted by atomic mass is 9.95. The smallest absolute Gasteiger partial charge is 0.408 e. The number of rotatable bonds is 6. The molecule has 0 radical (unpaired) electrons. The van der Waals surface area contributed by atoms with E-state index >= 15 is 0 Å². The number of nitrogens with one attached hydrogen (secondary N) is 2. The molecule has 7 nitrogen and oxygen atoms in total. The minimum atomic E-state index is -0.890. The highest BCUT2D eigenvalue weighted by Crippen LogP contribution is 2.25. The average molecular weight is 453 g/mol. The summed E-state index contributed by atoms with van der Waals surface area (Å²) in [4.78, 5) is 38.1. The predicted molar refractivity (Wildman–Crippen MR) is 126 cm³/mol. The van der Waals surface area contributed by atoms with Crippen molar-refractivity contribution >= 4 is 28.7 Å². The van der Waals surface area contributed by atoms with Gasteiger partial charge in [-0.1, -0.05) is 42.5 Å². The first-order chi connectivity index (χ1) is 15.7. The number of allylic oxidation sites excluding steroid dienone is 1. The Morgan fingerprint density at radius 2 is 1.70 bits per heavy atom. The summed E-state index contributed by atoms with van der Waals surface area (Å²) in [7, 11) is 1.33. The van der Waals surface area contributed by atoms with Crippen LogP contribution in [-0.2, 0) is 25.5 Å². The van der Waals surface area contributed by atoms with Crippen LogP contribution in [0.5, 0.6) is 0 Å². The molecule has 2 N–H and O–H groups in total. The molecule has 0 spiro atoms. The van der Waals surface area contributed by atoms with Crippen LogP contribution in [0.3, 0.4) is 0 Å². The van der Waals surface area contributed by atoms with Crippen LogP contribution in [0.1, 0.15) is 52.0 Å². The highest BCUT2D eigenvalue weighted by Gasteiger charge is 2.28. The van der Waals surface area contributed by atoms with Crippen LogP contribution < -0.4 is 10.6 Å². The largest absolute Gasteiger partial charge is 0.466 e. The summed E-state index contributed by atoms with van der Waals surface area (Å²) >= 11 is 0. The average Bonchev–Trinajstić information content (AvgIpc) is 2.77. The molecule has 1 atom stereocenters. The third-order valence-corrected chi connectivity index (χ3v) is 5.49. The summed E-state index contributed by atoms with van der Waals surface area (Å²) in [5.74, 6) is -0.831. The Morgan fingerprint density at radius 1 is 1.00 bits per heavy atom. The van der Waals surface area contributed by atoms with Gasteiger partial charge in [0.25, 0.3) is 0 Å². The number of amides is 2. The molecule has 1 aliphatic rings. The van der Waals surface area contributed by atoms with Crippen LogP contribution in [-0.4, -0.2) is 36.7 Å². The fourth-order valence-electron chi connectivity index (χ4n) is 3.98. The maximum Gasteiger partial charge on any atom is 0.408 e. The molecule has 0 aromatic heterocycles. The van der Waals surface area contributed by atoms with Gasteiger partial charge in [0.05, 0.1) is 12.7 Å². The molecule has 2 aromatic rings. The second kappa shape index (κ2) is 10.5. The molecule has 2 amide bonds. The molecule has 0 heterocycles. The first-order valence-corrected chi connectivity index (χ1v) is 11.3. The minimum Gasteiger partial charge on any atom is -0.466 e. The second-order valence-corrected chi connectivity index (χ2v) is 9.19. The molecular formula is C26H32N2O5. The van der Waals surface area contributed by atoms with E-state index in [1.165, 1.54) is 7.11 Å². The van der Waals surface area contributed by atoms with E-state index in [0.29, 0.717) is 24.1 Å². The number of esters is 1. The Kier molecular flexibility index (Phi) is 7.74. The van der Waals surface area contributed by atoms with Crippen molar-refractivity contribution in [2.75, 3.05) is 7.11 Å². The van der Waals surface area contributed by atoms with Crippen LogP contribution in [0.15, 0.2) is 53.7 Å². The lowest BCUT2D eigenvalue weighted by Gasteiger charge is -2.25. The Morgan fingerprint density at radius 3 is 2.42 bits per heavy atom. The number of ether oxygens (including phenoxy) is 2. The predicted octanol–water partition coefficient (Wildman–Crippen LogP) is 4.39.